The van der Waals surface area contributed by atoms with Gasteiger partial charge in [0.15, 0.2) is 11.5 Å². The van der Waals surface area contributed by atoms with E-state index in [4.69, 9.17) is 9.47 Å². The second kappa shape index (κ2) is 8.14. The number of carboxylic acids is 1. The minimum atomic E-state index is -1.33. The Bertz CT molecular complexity index is 761. The average Bonchev–Trinajstić information content (AvgIpc) is 2.60. The largest absolute Gasteiger partial charge is 0.550 e. The van der Waals surface area contributed by atoms with Crippen LogP contribution in [-0.4, -0.2) is 26.1 Å². The molecule has 0 bridgehead atoms. The Morgan fingerprint density at radius 3 is 2.28 bits per heavy atom. The lowest BCUT2D eigenvalue weighted by Crippen LogP contribution is -2.34. The number of benzene rings is 2. The smallest absolute Gasteiger partial charge is 0.251 e. The maximum absolute atomic E-state index is 13.1. The number of halogens is 1. The van der Waals surface area contributed by atoms with E-state index in [1.54, 1.807) is 6.07 Å². The van der Waals surface area contributed by atoms with Crippen LogP contribution in [0.2, 0.25) is 0 Å². The van der Waals surface area contributed by atoms with Crippen molar-refractivity contribution < 1.29 is 28.6 Å². The normalized spacial score (nSPS) is 11.5. The number of rotatable bonds is 7. The Hall–Kier alpha value is -3.09. The molecule has 2 rings (SSSR count). The molecule has 0 saturated heterocycles. The van der Waals surface area contributed by atoms with Crippen molar-refractivity contribution in [3.8, 4) is 11.5 Å². The van der Waals surface area contributed by atoms with E-state index >= 15 is 0 Å². The molecule has 0 fully saturated rings. The lowest BCUT2D eigenvalue weighted by atomic mass is 10.0. The molecule has 0 spiro atoms. The summed E-state index contributed by atoms with van der Waals surface area (Å²) in [6.45, 7) is 0. The number of carbonyl (C=O) groups excluding carboxylic acids is 2. The van der Waals surface area contributed by atoms with Crippen LogP contribution in [0.5, 0.6) is 11.5 Å². The molecule has 1 N–H and O–H groups in total. The molecule has 1 unspecified atom stereocenters. The lowest BCUT2D eigenvalue weighted by Gasteiger charge is -2.20. The molecule has 0 heterocycles. The first-order valence-corrected chi connectivity index (χ1v) is 7.42. The van der Waals surface area contributed by atoms with E-state index < -0.39 is 30.2 Å². The molecule has 1 amide bonds. The van der Waals surface area contributed by atoms with Gasteiger partial charge in [-0.25, -0.2) is 4.39 Å². The minimum absolute atomic E-state index is 0.267. The molecule has 6 nitrogen and oxygen atoms in total. The number of nitrogens with one attached hydrogen (secondary N) is 1. The SMILES string of the molecule is COc1ccc(C(=O)NC(CC(=O)[O-])c2ccc(F)cc2)cc1OC. The molecule has 2 aromatic rings. The Kier molecular flexibility index (Phi) is 5.94. The van der Waals surface area contributed by atoms with Crippen LogP contribution >= 0.6 is 0 Å². The van der Waals surface area contributed by atoms with Crippen LogP contribution in [0, 0.1) is 5.82 Å². The molecule has 1 atom stereocenters. The number of hydrogen-bond donors (Lipinski definition) is 1. The van der Waals surface area contributed by atoms with Gasteiger partial charge in [0.1, 0.15) is 5.82 Å². The number of aliphatic carboxylic acids is 1. The van der Waals surface area contributed by atoms with Gasteiger partial charge in [-0.1, -0.05) is 12.1 Å². The van der Waals surface area contributed by atoms with Gasteiger partial charge in [0.05, 0.1) is 20.3 Å². The number of methoxy groups -OCH3 is 2. The monoisotopic (exact) mass is 346 g/mol. The third kappa shape index (κ3) is 4.69. The first-order valence-electron chi connectivity index (χ1n) is 7.42. The summed E-state index contributed by atoms with van der Waals surface area (Å²) >= 11 is 0. The molecule has 0 aliphatic carbocycles. The number of hydrogen-bond acceptors (Lipinski definition) is 5. The van der Waals surface area contributed by atoms with Gasteiger partial charge in [0.2, 0.25) is 0 Å². The summed E-state index contributed by atoms with van der Waals surface area (Å²) in [6, 6.07) is 8.94. The maximum Gasteiger partial charge on any atom is 0.251 e. The highest BCUT2D eigenvalue weighted by molar-refractivity contribution is 5.95. The molecule has 2 aromatic carbocycles. The summed E-state index contributed by atoms with van der Waals surface area (Å²) in [6.07, 6.45) is -0.440. The van der Waals surface area contributed by atoms with Gasteiger partial charge in [-0.2, -0.15) is 0 Å². The van der Waals surface area contributed by atoms with Crippen molar-refractivity contribution >= 4 is 11.9 Å². The number of carboxylic acid groups (broad SMARTS) is 1. The summed E-state index contributed by atoms with van der Waals surface area (Å²) in [4.78, 5) is 23.4. The van der Waals surface area contributed by atoms with Gasteiger partial charge in [-0.05, 0) is 35.9 Å². The minimum Gasteiger partial charge on any atom is -0.550 e. The Morgan fingerprint density at radius 1 is 1.08 bits per heavy atom. The van der Waals surface area contributed by atoms with E-state index in [1.165, 1.54) is 50.6 Å². The topological polar surface area (TPSA) is 87.7 Å². The average molecular weight is 346 g/mol. The van der Waals surface area contributed by atoms with E-state index in [0.29, 0.717) is 17.1 Å². The molecule has 0 aliphatic heterocycles. The number of ether oxygens (including phenoxy) is 2. The predicted molar refractivity (Wildman–Crippen MR) is 85.8 cm³/mol. The Balaban J connectivity index is 2.24. The van der Waals surface area contributed by atoms with Crippen LogP contribution in [-0.2, 0) is 4.79 Å². The zero-order valence-electron chi connectivity index (χ0n) is 13.7. The van der Waals surface area contributed by atoms with Crippen molar-refractivity contribution in [3.05, 3.63) is 59.4 Å². The van der Waals surface area contributed by atoms with E-state index in [0.717, 1.165) is 0 Å². The van der Waals surface area contributed by atoms with Crippen LogP contribution < -0.4 is 19.9 Å². The third-order valence-electron chi connectivity index (χ3n) is 3.59. The van der Waals surface area contributed by atoms with Crippen molar-refractivity contribution in [1.82, 2.24) is 5.32 Å². The van der Waals surface area contributed by atoms with Crippen LogP contribution in [0.4, 0.5) is 4.39 Å². The molecular weight excluding hydrogens is 329 g/mol. The van der Waals surface area contributed by atoms with E-state index in [-0.39, 0.29) is 5.56 Å². The summed E-state index contributed by atoms with van der Waals surface area (Å²) in [5.41, 5.74) is 0.725. The zero-order valence-corrected chi connectivity index (χ0v) is 13.7. The van der Waals surface area contributed by atoms with E-state index in [1.807, 2.05) is 0 Å². The van der Waals surface area contributed by atoms with E-state index in [2.05, 4.69) is 5.32 Å². The van der Waals surface area contributed by atoms with Gasteiger partial charge in [-0.15, -0.1) is 0 Å². The molecule has 7 heteroatoms. The second-order valence-corrected chi connectivity index (χ2v) is 5.22. The predicted octanol–water partition coefficient (Wildman–Crippen LogP) is 1.45. The first-order chi connectivity index (χ1) is 11.9. The van der Waals surface area contributed by atoms with Crippen molar-refractivity contribution in [2.75, 3.05) is 14.2 Å². The zero-order chi connectivity index (χ0) is 18.4. The summed E-state index contributed by atoms with van der Waals surface area (Å²) < 4.78 is 23.3. The molecule has 25 heavy (non-hydrogen) atoms. The van der Waals surface area contributed by atoms with Gasteiger partial charge in [-0.3, -0.25) is 4.79 Å². The highest BCUT2D eigenvalue weighted by atomic mass is 19.1. The van der Waals surface area contributed by atoms with Crippen LogP contribution in [0.3, 0.4) is 0 Å². The fourth-order valence-electron chi connectivity index (χ4n) is 2.33. The van der Waals surface area contributed by atoms with Crippen LogP contribution in [0.25, 0.3) is 0 Å². The quantitative estimate of drug-likeness (QED) is 0.820. The fraction of sp³-hybridized carbons (Fsp3) is 0.222. The van der Waals surface area contributed by atoms with Crippen LogP contribution in [0.1, 0.15) is 28.4 Å². The highest BCUT2D eigenvalue weighted by Gasteiger charge is 2.18. The maximum atomic E-state index is 13.1. The molecule has 132 valence electrons. The number of carbonyl (C=O) groups is 2. The van der Waals surface area contributed by atoms with Gasteiger partial charge in [0, 0.05) is 18.0 Å². The highest BCUT2D eigenvalue weighted by Crippen LogP contribution is 2.28. The van der Waals surface area contributed by atoms with Gasteiger partial charge in [0.25, 0.3) is 5.91 Å². The summed E-state index contributed by atoms with van der Waals surface area (Å²) in [5.74, 6) is -1.46. The third-order valence-corrected chi connectivity index (χ3v) is 3.59. The second-order valence-electron chi connectivity index (χ2n) is 5.22. The molecular formula is C18H17FNO5-. The van der Waals surface area contributed by atoms with Gasteiger partial charge >= 0.3 is 0 Å². The molecule has 0 aromatic heterocycles. The molecule has 0 saturated carbocycles. The molecule has 0 radical (unpaired) electrons. The first kappa shape index (κ1) is 18.3. The van der Waals surface area contributed by atoms with Crippen LogP contribution in [0.15, 0.2) is 42.5 Å². The fourth-order valence-corrected chi connectivity index (χ4v) is 2.33. The molecule has 0 aliphatic rings. The van der Waals surface area contributed by atoms with Crippen molar-refractivity contribution in [3.63, 3.8) is 0 Å². The Morgan fingerprint density at radius 2 is 1.72 bits per heavy atom. The van der Waals surface area contributed by atoms with Crippen molar-refractivity contribution in [1.29, 1.82) is 0 Å². The number of amides is 1. The van der Waals surface area contributed by atoms with Crippen molar-refractivity contribution in [2.45, 2.75) is 12.5 Å². The van der Waals surface area contributed by atoms with Gasteiger partial charge < -0.3 is 24.7 Å². The van der Waals surface area contributed by atoms with Crippen molar-refractivity contribution in [2.24, 2.45) is 0 Å². The van der Waals surface area contributed by atoms with E-state index in [9.17, 15) is 19.1 Å². The summed E-state index contributed by atoms with van der Waals surface area (Å²) in [7, 11) is 2.92. The lowest BCUT2D eigenvalue weighted by molar-refractivity contribution is -0.306. The Labute approximate surface area is 144 Å². The standard InChI is InChI=1S/C18H18FNO5/c1-24-15-8-5-12(9-16(15)25-2)18(23)20-14(10-17(21)22)11-3-6-13(19)7-4-11/h3-9,14H,10H2,1-2H3,(H,20,23)(H,21,22)/p-1. The summed E-state index contributed by atoms with van der Waals surface area (Å²) in [5, 5.41) is 13.6.